The van der Waals surface area contributed by atoms with E-state index in [4.69, 9.17) is 4.74 Å². The standard InChI is InChI=1S/C19H26N2O4S/c1-13(2)15-9-8-14(3)10-17(15)25-19(22)11-21-12-20-16-6-4-5-7-18(16)26(21,23)24/h4-7,12-15,17H,8-11H2,1-3H3/t14-,15-,17+/m1/s1. The summed E-state index contributed by atoms with van der Waals surface area (Å²) in [4.78, 5) is 16.7. The fourth-order valence-electron chi connectivity index (χ4n) is 3.81. The second kappa shape index (κ2) is 7.39. The first-order valence-corrected chi connectivity index (χ1v) is 10.6. The number of benzene rings is 1. The number of ether oxygens (including phenoxy) is 1. The van der Waals surface area contributed by atoms with E-state index in [0.717, 1.165) is 23.6 Å². The summed E-state index contributed by atoms with van der Waals surface area (Å²) in [5, 5.41) is 0. The molecule has 1 fully saturated rings. The first kappa shape index (κ1) is 18.9. The molecule has 0 N–H and O–H groups in total. The minimum absolute atomic E-state index is 0.113. The van der Waals surface area contributed by atoms with Gasteiger partial charge in [-0.3, -0.25) is 4.79 Å². The van der Waals surface area contributed by atoms with E-state index in [2.05, 4.69) is 25.8 Å². The maximum absolute atomic E-state index is 12.7. The van der Waals surface area contributed by atoms with Gasteiger partial charge in [-0.1, -0.05) is 39.3 Å². The van der Waals surface area contributed by atoms with Crippen LogP contribution in [0.5, 0.6) is 0 Å². The van der Waals surface area contributed by atoms with Gasteiger partial charge in [0.1, 0.15) is 23.9 Å². The van der Waals surface area contributed by atoms with Crippen LogP contribution < -0.4 is 0 Å². The van der Waals surface area contributed by atoms with E-state index < -0.39 is 16.0 Å². The van der Waals surface area contributed by atoms with Crippen molar-refractivity contribution >= 4 is 28.0 Å². The van der Waals surface area contributed by atoms with E-state index in [0.29, 0.717) is 23.4 Å². The van der Waals surface area contributed by atoms with Gasteiger partial charge in [0, 0.05) is 0 Å². The molecule has 0 radical (unpaired) electrons. The molecule has 0 saturated heterocycles. The summed E-state index contributed by atoms with van der Waals surface area (Å²) in [7, 11) is -3.78. The van der Waals surface area contributed by atoms with E-state index in [1.807, 2.05) is 0 Å². The summed E-state index contributed by atoms with van der Waals surface area (Å²) in [5.41, 5.74) is 0.387. The van der Waals surface area contributed by atoms with Crippen LogP contribution in [-0.4, -0.2) is 37.7 Å². The number of carbonyl (C=O) groups excluding carboxylic acids is 1. The van der Waals surface area contributed by atoms with Crippen LogP contribution in [0.15, 0.2) is 34.2 Å². The van der Waals surface area contributed by atoms with E-state index in [1.165, 1.54) is 12.4 Å². The molecule has 1 aromatic rings. The van der Waals surface area contributed by atoms with Crippen LogP contribution in [-0.2, 0) is 19.6 Å². The summed E-state index contributed by atoms with van der Waals surface area (Å²) in [5.74, 6) is 0.731. The number of esters is 1. The van der Waals surface area contributed by atoms with Gasteiger partial charge >= 0.3 is 5.97 Å². The molecule has 2 aliphatic rings. The molecular formula is C19H26N2O4S. The summed E-state index contributed by atoms with van der Waals surface area (Å²) in [6, 6.07) is 6.50. The Morgan fingerprint density at radius 1 is 1.31 bits per heavy atom. The molecule has 0 unspecified atom stereocenters. The van der Waals surface area contributed by atoms with Gasteiger partial charge in [0.15, 0.2) is 0 Å². The van der Waals surface area contributed by atoms with Gasteiger partial charge in [0.05, 0.1) is 5.69 Å². The average molecular weight is 378 g/mol. The van der Waals surface area contributed by atoms with Crippen LogP contribution in [0.25, 0.3) is 0 Å². The Labute approximate surface area is 155 Å². The number of hydrogen-bond donors (Lipinski definition) is 0. The van der Waals surface area contributed by atoms with Crippen LogP contribution in [0.3, 0.4) is 0 Å². The zero-order valence-electron chi connectivity index (χ0n) is 15.5. The number of aliphatic imine (C=N–C) groups is 1. The van der Waals surface area contributed by atoms with Gasteiger partial charge in [0.2, 0.25) is 0 Å². The van der Waals surface area contributed by atoms with E-state index in [9.17, 15) is 13.2 Å². The van der Waals surface area contributed by atoms with Crippen molar-refractivity contribution in [1.82, 2.24) is 4.31 Å². The van der Waals surface area contributed by atoms with Gasteiger partial charge in [-0.05, 0) is 42.7 Å². The Hall–Kier alpha value is -1.89. The Morgan fingerprint density at radius 3 is 2.77 bits per heavy atom. The SMILES string of the molecule is CC(C)[C@H]1CC[C@@H](C)C[C@@H]1OC(=O)CN1C=Nc2ccccc2S1(=O)=O. The third-order valence-electron chi connectivity index (χ3n) is 5.31. The molecule has 6 nitrogen and oxygen atoms in total. The lowest BCUT2D eigenvalue weighted by Gasteiger charge is -2.37. The number of fused-ring (bicyclic) bond motifs is 1. The van der Waals surface area contributed by atoms with Crippen LogP contribution in [0.1, 0.15) is 40.0 Å². The normalized spacial score (nSPS) is 27.2. The highest BCUT2D eigenvalue weighted by atomic mass is 32.2. The van der Waals surface area contributed by atoms with Crippen LogP contribution in [0, 0.1) is 17.8 Å². The Kier molecular flexibility index (Phi) is 5.37. The van der Waals surface area contributed by atoms with Crippen LogP contribution >= 0.6 is 0 Å². The molecular weight excluding hydrogens is 352 g/mol. The maximum atomic E-state index is 12.7. The van der Waals surface area contributed by atoms with Crippen molar-refractivity contribution in [3.63, 3.8) is 0 Å². The van der Waals surface area contributed by atoms with Crippen molar-refractivity contribution in [2.24, 2.45) is 22.7 Å². The molecule has 3 rings (SSSR count). The molecule has 7 heteroatoms. The second-order valence-electron chi connectivity index (χ2n) is 7.62. The molecule has 1 aromatic carbocycles. The van der Waals surface area contributed by atoms with Gasteiger partial charge in [-0.2, -0.15) is 0 Å². The summed E-state index contributed by atoms with van der Waals surface area (Å²) >= 11 is 0. The van der Waals surface area contributed by atoms with Gasteiger partial charge in [-0.15, -0.1) is 0 Å². The molecule has 1 heterocycles. The molecule has 142 valence electrons. The summed E-state index contributed by atoms with van der Waals surface area (Å²) in [6.07, 6.45) is 4.05. The van der Waals surface area contributed by atoms with Gasteiger partial charge < -0.3 is 4.74 Å². The molecule has 0 amide bonds. The predicted octanol–water partition coefficient (Wildman–Crippen LogP) is 3.35. The highest BCUT2D eigenvalue weighted by molar-refractivity contribution is 7.89. The van der Waals surface area contributed by atoms with E-state index in [-0.39, 0.29) is 17.5 Å². The van der Waals surface area contributed by atoms with E-state index in [1.54, 1.807) is 18.2 Å². The number of nitrogens with zero attached hydrogens (tertiary/aromatic N) is 2. The zero-order chi connectivity index (χ0) is 18.9. The van der Waals surface area contributed by atoms with Crippen molar-refractivity contribution in [2.75, 3.05) is 6.54 Å². The number of para-hydroxylation sites is 1. The van der Waals surface area contributed by atoms with Crippen molar-refractivity contribution < 1.29 is 17.9 Å². The predicted molar refractivity (Wildman–Crippen MR) is 99.7 cm³/mol. The molecule has 3 atom stereocenters. The fourth-order valence-corrected chi connectivity index (χ4v) is 5.14. The van der Waals surface area contributed by atoms with Crippen LogP contribution in [0.2, 0.25) is 0 Å². The molecule has 0 aromatic heterocycles. The monoisotopic (exact) mass is 378 g/mol. The Bertz CT molecular complexity index is 804. The number of hydrogen-bond acceptors (Lipinski definition) is 5. The third-order valence-corrected chi connectivity index (χ3v) is 7.05. The molecule has 0 spiro atoms. The second-order valence-corrected chi connectivity index (χ2v) is 9.48. The lowest BCUT2D eigenvalue weighted by atomic mass is 9.75. The highest BCUT2D eigenvalue weighted by Gasteiger charge is 2.35. The lowest BCUT2D eigenvalue weighted by Crippen LogP contribution is -2.41. The maximum Gasteiger partial charge on any atom is 0.327 e. The summed E-state index contributed by atoms with van der Waals surface area (Å²) < 4.78 is 32.0. The number of sulfonamides is 1. The Balaban J connectivity index is 1.70. The van der Waals surface area contributed by atoms with Crippen LogP contribution in [0.4, 0.5) is 5.69 Å². The molecule has 0 bridgehead atoms. The molecule has 1 saturated carbocycles. The van der Waals surface area contributed by atoms with E-state index >= 15 is 0 Å². The van der Waals surface area contributed by atoms with Crippen molar-refractivity contribution in [3.05, 3.63) is 24.3 Å². The smallest absolute Gasteiger partial charge is 0.327 e. The average Bonchev–Trinajstić information content (AvgIpc) is 2.57. The lowest BCUT2D eigenvalue weighted by molar-refractivity contribution is -0.155. The molecule has 1 aliphatic heterocycles. The highest BCUT2D eigenvalue weighted by Crippen LogP contribution is 2.35. The first-order chi connectivity index (χ1) is 12.3. The molecule has 26 heavy (non-hydrogen) atoms. The third kappa shape index (κ3) is 3.77. The number of carbonyl (C=O) groups is 1. The quantitative estimate of drug-likeness (QED) is 0.753. The minimum atomic E-state index is -3.78. The minimum Gasteiger partial charge on any atom is -0.461 e. The van der Waals surface area contributed by atoms with Crippen molar-refractivity contribution in [3.8, 4) is 0 Å². The van der Waals surface area contributed by atoms with Gasteiger partial charge in [0.25, 0.3) is 10.0 Å². The van der Waals surface area contributed by atoms with Gasteiger partial charge in [-0.25, -0.2) is 17.7 Å². The topological polar surface area (TPSA) is 76.0 Å². The largest absolute Gasteiger partial charge is 0.461 e. The Morgan fingerprint density at radius 2 is 2.04 bits per heavy atom. The zero-order valence-corrected chi connectivity index (χ0v) is 16.3. The van der Waals surface area contributed by atoms with Crippen molar-refractivity contribution in [2.45, 2.75) is 51.0 Å². The molecule has 1 aliphatic carbocycles. The van der Waals surface area contributed by atoms with Crippen molar-refractivity contribution in [1.29, 1.82) is 0 Å². The summed E-state index contributed by atoms with van der Waals surface area (Å²) in [6.45, 7) is 6.09. The first-order valence-electron chi connectivity index (χ1n) is 9.13. The number of rotatable bonds is 4. The fraction of sp³-hybridized carbons (Fsp3) is 0.579.